The first-order chi connectivity index (χ1) is 10.7. The van der Waals surface area contributed by atoms with Crippen LogP contribution in [0.15, 0.2) is 45.3 Å². The number of rotatable bonds is 3. The zero-order valence-electron chi connectivity index (χ0n) is 11.4. The van der Waals surface area contributed by atoms with Crippen LogP contribution < -0.4 is 5.32 Å². The molecule has 122 valence electrons. The predicted molar refractivity (Wildman–Crippen MR) is 93.5 cm³/mol. The lowest BCUT2D eigenvalue weighted by Gasteiger charge is -2.12. The number of alkyl halides is 3. The Morgan fingerprint density at radius 1 is 1.13 bits per heavy atom. The molecule has 0 aliphatic heterocycles. The molecule has 2 aromatic rings. The number of phenols is 1. The van der Waals surface area contributed by atoms with Crippen molar-refractivity contribution in [3.05, 3.63) is 62.0 Å². The summed E-state index contributed by atoms with van der Waals surface area (Å²) < 4.78 is 38.7. The number of hydrogen-bond acceptors (Lipinski definition) is 2. The van der Waals surface area contributed by atoms with Gasteiger partial charge in [0.25, 0.3) is 0 Å². The Bertz CT molecular complexity index is 733. The van der Waals surface area contributed by atoms with E-state index in [0.29, 0.717) is 20.6 Å². The van der Waals surface area contributed by atoms with Gasteiger partial charge in [0.05, 0.1) is 15.6 Å². The molecule has 2 rings (SSSR count). The number of benzene rings is 2. The van der Waals surface area contributed by atoms with Crippen LogP contribution in [0.5, 0.6) is 5.75 Å². The van der Waals surface area contributed by atoms with Crippen molar-refractivity contribution in [1.82, 2.24) is 5.32 Å². The molecule has 2 N–H and O–H groups in total. The normalized spacial score (nSPS) is 11.3. The van der Waals surface area contributed by atoms with Gasteiger partial charge in [0, 0.05) is 11.0 Å². The minimum atomic E-state index is -4.35. The highest BCUT2D eigenvalue weighted by Crippen LogP contribution is 2.32. The van der Waals surface area contributed by atoms with E-state index in [1.165, 1.54) is 12.1 Å². The van der Waals surface area contributed by atoms with Gasteiger partial charge in [0.1, 0.15) is 10.7 Å². The van der Waals surface area contributed by atoms with E-state index in [9.17, 15) is 18.3 Å². The maximum Gasteiger partial charge on any atom is 0.416 e. The average Bonchev–Trinajstić information content (AvgIpc) is 2.48. The van der Waals surface area contributed by atoms with Gasteiger partial charge in [-0.3, -0.25) is 0 Å². The second-order valence-corrected chi connectivity index (χ2v) is 6.84. The summed E-state index contributed by atoms with van der Waals surface area (Å²) in [6, 6.07) is 8.14. The molecule has 0 saturated carbocycles. The van der Waals surface area contributed by atoms with E-state index in [0.717, 1.165) is 16.6 Å². The maximum absolute atomic E-state index is 12.5. The number of halogens is 5. The lowest BCUT2D eigenvalue weighted by Crippen LogP contribution is -2.22. The number of hydrogen-bond donors (Lipinski definition) is 2. The van der Waals surface area contributed by atoms with E-state index in [1.54, 1.807) is 12.1 Å². The molecule has 0 fully saturated rings. The van der Waals surface area contributed by atoms with Crippen molar-refractivity contribution in [2.75, 3.05) is 0 Å². The van der Waals surface area contributed by atoms with Crippen molar-refractivity contribution < 1.29 is 18.3 Å². The van der Waals surface area contributed by atoms with E-state index < -0.39 is 11.7 Å². The van der Waals surface area contributed by atoms with Gasteiger partial charge >= 0.3 is 6.18 Å². The molecule has 0 bridgehead atoms. The van der Waals surface area contributed by atoms with Crippen molar-refractivity contribution in [3.63, 3.8) is 0 Å². The summed E-state index contributed by atoms with van der Waals surface area (Å²) in [4.78, 5) is 0.296. The SMILES string of the molecule is Oc1c(Br)cc(Br)cc1C(=S)NCc1ccc(C(F)(F)F)cc1. The van der Waals surface area contributed by atoms with Crippen LogP contribution in [0.25, 0.3) is 0 Å². The molecule has 0 spiro atoms. The first-order valence-electron chi connectivity index (χ1n) is 6.31. The van der Waals surface area contributed by atoms with Crippen LogP contribution >= 0.6 is 44.1 Å². The Morgan fingerprint density at radius 2 is 1.74 bits per heavy atom. The number of phenolic OH excluding ortho intramolecular Hbond substituents is 1. The summed E-state index contributed by atoms with van der Waals surface area (Å²) in [6.45, 7) is 0.251. The number of thiocarbonyl (C=S) groups is 1. The highest BCUT2D eigenvalue weighted by Gasteiger charge is 2.29. The fraction of sp³-hybridized carbons (Fsp3) is 0.133. The van der Waals surface area contributed by atoms with E-state index in [4.69, 9.17) is 12.2 Å². The predicted octanol–water partition coefficient (Wildman–Crippen LogP) is 5.40. The van der Waals surface area contributed by atoms with Crippen molar-refractivity contribution >= 4 is 49.1 Å². The third-order valence-electron chi connectivity index (χ3n) is 3.01. The average molecular weight is 469 g/mol. The van der Waals surface area contributed by atoms with Crippen molar-refractivity contribution in [1.29, 1.82) is 0 Å². The molecule has 23 heavy (non-hydrogen) atoms. The van der Waals surface area contributed by atoms with Gasteiger partial charge in [-0.2, -0.15) is 13.2 Å². The summed E-state index contributed by atoms with van der Waals surface area (Å²) in [7, 11) is 0. The molecular weight excluding hydrogens is 459 g/mol. The second kappa shape index (κ2) is 7.19. The van der Waals surface area contributed by atoms with Crippen LogP contribution in [0.4, 0.5) is 13.2 Å². The van der Waals surface area contributed by atoms with Crippen molar-refractivity contribution in [2.45, 2.75) is 12.7 Å². The van der Waals surface area contributed by atoms with E-state index >= 15 is 0 Å². The minimum absolute atomic E-state index is 0.00174. The monoisotopic (exact) mass is 467 g/mol. The summed E-state index contributed by atoms with van der Waals surface area (Å²) in [5, 5.41) is 12.9. The van der Waals surface area contributed by atoms with Gasteiger partial charge in [-0.15, -0.1) is 0 Å². The smallest absolute Gasteiger partial charge is 0.416 e. The van der Waals surface area contributed by atoms with Gasteiger partial charge in [0.15, 0.2) is 0 Å². The molecule has 2 aromatic carbocycles. The molecule has 8 heteroatoms. The zero-order valence-corrected chi connectivity index (χ0v) is 15.4. The number of aromatic hydroxyl groups is 1. The Labute approximate surface area is 153 Å². The summed E-state index contributed by atoms with van der Waals surface area (Å²) in [5.74, 6) is -0.00174. The standard InChI is InChI=1S/C15H10Br2F3NOS/c16-10-5-11(13(22)12(17)6-10)14(23)21-7-8-1-3-9(4-2-8)15(18,19)20/h1-6,22H,7H2,(H,21,23). The quantitative estimate of drug-likeness (QED) is 0.591. The third-order valence-corrected chi connectivity index (χ3v) is 4.43. The lowest BCUT2D eigenvalue weighted by molar-refractivity contribution is -0.137. The van der Waals surface area contributed by atoms with Gasteiger partial charge < -0.3 is 10.4 Å². The molecule has 0 aromatic heterocycles. The molecule has 0 unspecified atom stereocenters. The molecule has 2 nitrogen and oxygen atoms in total. The summed E-state index contributed by atoms with van der Waals surface area (Å²) in [5.41, 5.74) is 0.374. The topological polar surface area (TPSA) is 32.3 Å². The lowest BCUT2D eigenvalue weighted by atomic mass is 10.1. The largest absolute Gasteiger partial charge is 0.506 e. The van der Waals surface area contributed by atoms with Crippen LogP contribution in [0.2, 0.25) is 0 Å². The van der Waals surface area contributed by atoms with E-state index in [2.05, 4.69) is 37.2 Å². The molecule has 0 saturated heterocycles. The van der Waals surface area contributed by atoms with Gasteiger partial charge in [-0.05, 0) is 45.8 Å². The molecule has 0 radical (unpaired) electrons. The van der Waals surface area contributed by atoms with E-state index in [-0.39, 0.29) is 12.3 Å². The third kappa shape index (κ3) is 4.68. The molecule has 0 heterocycles. The second-order valence-electron chi connectivity index (χ2n) is 4.66. The Balaban J connectivity index is 2.08. The highest BCUT2D eigenvalue weighted by atomic mass is 79.9. The minimum Gasteiger partial charge on any atom is -0.506 e. The molecule has 0 aliphatic rings. The highest BCUT2D eigenvalue weighted by molar-refractivity contribution is 9.11. The Hall–Kier alpha value is -1.12. The first kappa shape index (κ1) is 18.2. The van der Waals surface area contributed by atoms with Crippen LogP contribution in [0.1, 0.15) is 16.7 Å². The van der Waals surface area contributed by atoms with Gasteiger partial charge in [0.2, 0.25) is 0 Å². The van der Waals surface area contributed by atoms with Crippen LogP contribution in [-0.4, -0.2) is 10.1 Å². The summed E-state index contributed by atoms with van der Waals surface area (Å²) >= 11 is 11.7. The molecule has 0 atom stereocenters. The van der Waals surface area contributed by atoms with Crippen molar-refractivity contribution in [3.8, 4) is 5.75 Å². The Morgan fingerprint density at radius 3 is 2.30 bits per heavy atom. The zero-order chi connectivity index (χ0) is 17.2. The van der Waals surface area contributed by atoms with Gasteiger partial charge in [-0.25, -0.2) is 0 Å². The van der Waals surface area contributed by atoms with Crippen LogP contribution in [-0.2, 0) is 12.7 Å². The molecule has 0 amide bonds. The number of nitrogens with one attached hydrogen (secondary N) is 1. The summed E-state index contributed by atoms with van der Waals surface area (Å²) in [6.07, 6.45) is -4.35. The van der Waals surface area contributed by atoms with Gasteiger partial charge in [-0.1, -0.05) is 40.3 Å². The van der Waals surface area contributed by atoms with E-state index in [1.807, 2.05) is 0 Å². The Kier molecular flexibility index (Phi) is 5.70. The first-order valence-corrected chi connectivity index (χ1v) is 8.30. The van der Waals surface area contributed by atoms with Crippen LogP contribution in [0, 0.1) is 0 Å². The molecular formula is C15H10Br2F3NOS. The van der Waals surface area contributed by atoms with Crippen LogP contribution in [0.3, 0.4) is 0 Å². The molecule has 0 aliphatic carbocycles. The fourth-order valence-corrected chi connectivity index (χ4v) is 3.28. The fourth-order valence-electron chi connectivity index (χ4n) is 1.83. The maximum atomic E-state index is 12.5. The van der Waals surface area contributed by atoms with Crippen molar-refractivity contribution in [2.24, 2.45) is 0 Å².